The summed E-state index contributed by atoms with van der Waals surface area (Å²) in [6.07, 6.45) is 2.78. The van der Waals surface area contributed by atoms with Crippen LogP contribution in [-0.2, 0) is 19.9 Å². The minimum atomic E-state index is -3.58. The van der Waals surface area contributed by atoms with Crippen molar-refractivity contribution >= 4 is 31.5 Å². The van der Waals surface area contributed by atoms with Crippen molar-refractivity contribution in [2.45, 2.75) is 28.7 Å². The summed E-state index contributed by atoms with van der Waals surface area (Å²) in [5.74, 6) is -0.523. The van der Waals surface area contributed by atoms with E-state index in [1.165, 1.54) is 40.7 Å². The highest BCUT2D eigenvalue weighted by Crippen LogP contribution is 2.30. The summed E-state index contributed by atoms with van der Waals surface area (Å²) >= 11 is 0. The molecule has 1 aliphatic carbocycles. The van der Waals surface area contributed by atoms with Gasteiger partial charge in [0.2, 0.25) is 10.0 Å². The maximum Gasteiger partial charge on any atom is 0.255 e. The zero-order chi connectivity index (χ0) is 19.8. The smallest absolute Gasteiger partial charge is 0.255 e. The van der Waals surface area contributed by atoms with Crippen LogP contribution in [0.4, 0.5) is 5.69 Å². The van der Waals surface area contributed by atoms with Crippen molar-refractivity contribution in [3.05, 3.63) is 54.1 Å². The van der Waals surface area contributed by atoms with Crippen LogP contribution in [0.1, 0.15) is 23.2 Å². The quantitative estimate of drug-likeness (QED) is 0.789. The fourth-order valence-electron chi connectivity index (χ4n) is 2.67. The SMILES string of the molecule is CN(C1CC1)S(=O)(=O)c1ccc(C(=O)Nc2ccccc2S(C)(=O)=O)cc1. The molecular formula is C18H20N2O5S2. The van der Waals surface area contributed by atoms with Crippen LogP contribution in [0.3, 0.4) is 0 Å². The Morgan fingerprint density at radius 2 is 1.59 bits per heavy atom. The highest BCUT2D eigenvalue weighted by Gasteiger charge is 2.35. The third-order valence-electron chi connectivity index (χ3n) is 4.39. The molecule has 0 spiro atoms. The average Bonchev–Trinajstić information content (AvgIpc) is 3.45. The number of nitrogens with zero attached hydrogens (tertiary/aromatic N) is 1. The molecule has 0 aliphatic heterocycles. The van der Waals surface area contributed by atoms with Crippen molar-refractivity contribution in [1.29, 1.82) is 0 Å². The Morgan fingerprint density at radius 1 is 1.00 bits per heavy atom. The number of para-hydroxylation sites is 1. The Morgan fingerprint density at radius 3 is 2.15 bits per heavy atom. The number of carbonyl (C=O) groups is 1. The molecular weight excluding hydrogens is 388 g/mol. The highest BCUT2D eigenvalue weighted by molar-refractivity contribution is 7.91. The van der Waals surface area contributed by atoms with E-state index in [0.717, 1.165) is 19.1 Å². The fraction of sp³-hybridized carbons (Fsp3) is 0.278. The van der Waals surface area contributed by atoms with Crippen molar-refractivity contribution in [3.8, 4) is 0 Å². The van der Waals surface area contributed by atoms with Gasteiger partial charge in [0.1, 0.15) is 0 Å². The lowest BCUT2D eigenvalue weighted by molar-refractivity contribution is 0.102. The largest absolute Gasteiger partial charge is 0.321 e. The Bertz CT molecular complexity index is 1070. The van der Waals surface area contributed by atoms with E-state index in [2.05, 4.69) is 5.32 Å². The van der Waals surface area contributed by atoms with Gasteiger partial charge in [0, 0.05) is 24.9 Å². The molecule has 0 bridgehead atoms. The van der Waals surface area contributed by atoms with Gasteiger partial charge in [-0.3, -0.25) is 4.79 Å². The normalized spacial score (nSPS) is 14.9. The first-order chi connectivity index (χ1) is 12.6. The summed E-state index contributed by atoms with van der Waals surface area (Å²) in [6.45, 7) is 0. The van der Waals surface area contributed by atoms with E-state index < -0.39 is 25.8 Å². The second-order valence-electron chi connectivity index (χ2n) is 6.50. The van der Waals surface area contributed by atoms with Gasteiger partial charge < -0.3 is 5.32 Å². The standard InChI is InChI=1S/C18H20N2O5S2/c1-20(14-9-10-14)27(24,25)15-11-7-13(8-12-15)18(21)19-16-5-3-4-6-17(16)26(2,22)23/h3-8,11-12,14H,9-10H2,1-2H3,(H,19,21). The van der Waals surface area contributed by atoms with Crippen molar-refractivity contribution in [1.82, 2.24) is 4.31 Å². The summed E-state index contributed by atoms with van der Waals surface area (Å²) in [7, 11) is -5.53. The lowest BCUT2D eigenvalue weighted by Crippen LogP contribution is -2.29. The third kappa shape index (κ3) is 4.20. The number of hydrogen-bond acceptors (Lipinski definition) is 5. The zero-order valence-electron chi connectivity index (χ0n) is 14.9. The van der Waals surface area contributed by atoms with Gasteiger partial charge in [-0.05, 0) is 49.2 Å². The van der Waals surface area contributed by atoms with E-state index in [4.69, 9.17) is 0 Å². The molecule has 1 saturated carbocycles. The number of sulfonamides is 1. The third-order valence-corrected chi connectivity index (χ3v) is 7.47. The van der Waals surface area contributed by atoms with E-state index in [9.17, 15) is 21.6 Å². The van der Waals surface area contributed by atoms with Crippen LogP contribution in [0, 0.1) is 0 Å². The van der Waals surface area contributed by atoms with E-state index >= 15 is 0 Å². The second kappa shape index (κ2) is 7.06. The van der Waals surface area contributed by atoms with Gasteiger partial charge in [0.15, 0.2) is 9.84 Å². The van der Waals surface area contributed by atoms with Crippen LogP contribution in [0.25, 0.3) is 0 Å². The van der Waals surface area contributed by atoms with Crippen LogP contribution in [0.15, 0.2) is 58.3 Å². The molecule has 3 rings (SSSR count). The number of nitrogens with one attached hydrogen (secondary N) is 1. The lowest BCUT2D eigenvalue weighted by Gasteiger charge is -2.16. The molecule has 144 valence electrons. The van der Waals surface area contributed by atoms with Crippen LogP contribution >= 0.6 is 0 Å². The molecule has 1 N–H and O–H groups in total. The molecule has 0 aromatic heterocycles. The summed E-state index contributed by atoms with van der Waals surface area (Å²) in [6, 6.07) is 11.7. The predicted octanol–water partition coefficient (Wildman–Crippen LogP) is 2.13. The first-order valence-corrected chi connectivity index (χ1v) is 11.6. The number of amides is 1. The van der Waals surface area contributed by atoms with E-state index in [0.29, 0.717) is 0 Å². The molecule has 1 amide bonds. The van der Waals surface area contributed by atoms with E-state index in [-0.39, 0.29) is 27.1 Å². The second-order valence-corrected chi connectivity index (χ2v) is 10.5. The molecule has 2 aromatic carbocycles. The van der Waals surface area contributed by atoms with Crippen LogP contribution in [-0.4, -0.2) is 46.4 Å². The van der Waals surface area contributed by atoms with E-state index in [1.54, 1.807) is 19.2 Å². The van der Waals surface area contributed by atoms with Gasteiger partial charge in [0.05, 0.1) is 15.5 Å². The predicted molar refractivity (Wildman–Crippen MR) is 102 cm³/mol. The molecule has 0 saturated heterocycles. The number of sulfone groups is 1. The molecule has 2 aromatic rings. The Hall–Kier alpha value is -2.23. The number of benzene rings is 2. The van der Waals surface area contributed by atoms with Gasteiger partial charge in [0.25, 0.3) is 5.91 Å². The molecule has 0 radical (unpaired) electrons. The molecule has 9 heteroatoms. The molecule has 1 fully saturated rings. The maximum absolute atomic E-state index is 12.5. The van der Waals surface area contributed by atoms with Crippen molar-refractivity contribution in [2.24, 2.45) is 0 Å². The first-order valence-electron chi connectivity index (χ1n) is 8.29. The maximum atomic E-state index is 12.5. The molecule has 27 heavy (non-hydrogen) atoms. The van der Waals surface area contributed by atoms with Gasteiger partial charge in [-0.15, -0.1) is 0 Å². The van der Waals surface area contributed by atoms with Crippen molar-refractivity contribution < 1.29 is 21.6 Å². The van der Waals surface area contributed by atoms with Crippen molar-refractivity contribution in [3.63, 3.8) is 0 Å². The summed E-state index contributed by atoms with van der Waals surface area (Å²) in [5, 5.41) is 2.56. The van der Waals surface area contributed by atoms with Crippen LogP contribution in [0.5, 0.6) is 0 Å². The number of rotatable bonds is 6. The van der Waals surface area contributed by atoms with Gasteiger partial charge in [-0.1, -0.05) is 12.1 Å². The highest BCUT2D eigenvalue weighted by atomic mass is 32.2. The Balaban J connectivity index is 1.81. The average molecular weight is 409 g/mol. The van der Waals surface area contributed by atoms with Crippen LogP contribution < -0.4 is 5.32 Å². The van der Waals surface area contributed by atoms with Gasteiger partial charge in [-0.25, -0.2) is 16.8 Å². The summed E-state index contributed by atoms with van der Waals surface area (Å²) < 4.78 is 50.0. The molecule has 0 heterocycles. The van der Waals surface area contributed by atoms with Crippen molar-refractivity contribution in [2.75, 3.05) is 18.6 Å². The first kappa shape index (κ1) is 19.5. The molecule has 0 unspecified atom stereocenters. The number of anilines is 1. The van der Waals surface area contributed by atoms with Gasteiger partial charge >= 0.3 is 0 Å². The Labute approximate surface area is 159 Å². The van der Waals surface area contributed by atoms with E-state index in [1.807, 2.05) is 0 Å². The summed E-state index contributed by atoms with van der Waals surface area (Å²) in [4.78, 5) is 12.6. The molecule has 1 aliphatic rings. The van der Waals surface area contributed by atoms with Crippen LogP contribution in [0.2, 0.25) is 0 Å². The minimum absolute atomic E-state index is 0.0172. The lowest BCUT2D eigenvalue weighted by atomic mass is 10.2. The Kier molecular flexibility index (Phi) is 5.11. The topological polar surface area (TPSA) is 101 Å². The van der Waals surface area contributed by atoms with Gasteiger partial charge in [-0.2, -0.15) is 4.31 Å². The number of hydrogen-bond donors (Lipinski definition) is 1. The fourth-order valence-corrected chi connectivity index (χ4v) is 4.93. The molecule has 0 atom stereocenters. The monoisotopic (exact) mass is 408 g/mol. The molecule has 7 nitrogen and oxygen atoms in total. The number of carbonyl (C=O) groups excluding carboxylic acids is 1. The minimum Gasteiger partial charge on any atom is -0.321 e. The summed E-state index contributed by atoms with van der Waals surface area (Å²) in [5.41, 5.74) is 0.404. The zero-order valence-corrected chi connectivity index (χ0v) is 16.5.